The zero-order valence-corrected chi connectivity index (χ0v) is 21.0. The number of ketones is 1. The summed E-state index contributed by atoms with van der Waals surface area (Å²) < 4.78 is 32.6. The number of rotatable bonds is 6. The molecule has 8 nitrogen and oxygen atoms in total. The molecule has 1 saturated heterocycles. The Balaban J connectivity index is 1.34. The molecule has 2 aromatic rings. The summed E-state index contributed by atoms with van der Waals surface area (Å²) >= 11 is 0. The Kier molecular flexibility index (Phi) is 7.10. The van der Waals surface area contributed by atoms with Crippen molar-refractivity contribution in [2.24, 2.45) is 5.92 Å². The molecule has 2 aliphatic rings. The van der Waals surface area contributed by atoms with Crippen molar-refractivity contribution in [3.05, 3.63) is 59.2 Å². The van der Waals surface area contributed by atoms with E-state index < -0.39 is 28.0 Å². The minimum absolute atomic E-state index is 0.0390. The monoisotopic (exact) mass is 498 g/mol. The smallest absolute Gasteiger partial charge is 0.309 e. The van der Waals surface area contributed by atoms with Gasteiger partial charge >= 0.3 is 5.97 Å². The fourth-order valence-electron chi connectivity index (χ4n) is 4.63. The van der Waals surface area contributed by atoms with Gasteiger partial charge in [0.2, 0.25) is 21.7 Å². The lowest BCUT2D eigenvalue weighted by molar-refractivity contribution is -0.152. The maximum Gasteiger partial charge on any atom is 0.309 e. The molecule has 0 aromatic heterocycles. The number of hydrogen-bond acceptors (Lipinski definition) is 6. The molecule has 2 aliphatic heterocycles. The van der Waals surface area contributed by atoms with Crippen LogP contribution < -0.4 is 4.90 Å². The summed E-state index contributed by atoms with van der Waals surface area (Å²) in [7, 11) is -3.61. The SMILES string of the molecule is CC(=O)N1CCc2cc(C(=O)C(C)OC(=O)C3CCN(S(=O)(=O)c4ccc(C)cc4)CC3)ccc21. The van der Waals surface area contributed by atoms with Crippen LogP contribution in [0.15, 0.2) is 47.4 Å². The number of nitrogens with zero attached hydrogens (tertiary/aromatic N) is 2. The van der Waals surface area contributed by atoms with E-state index in [-0.39, 0.29) is 29.7 Å². The van der Waals surface area contributed by atoms with E-state index >= 15 is 0 Å². The Morgan fingerprint density at radius 1 is 1.00 bits per heavy atom. The van der Waals surface area contributed by atoms with Crippen LogP contribution in [0.2, 0.25) is 0 Å². The van der Waals surface area contributed by atoms with E-state index in [2.05, 4.69) is 0 Å². The molecule has 0 aliphatic carbocycles. The lowest BCUT2D eigenvalue weighted by Gasteiger charge is -2.30. The average molecular weight is 499 g/mol. The van der Waals surface area contributed by atoms with Gasteiger partial charge in [0, 0.05) is 37.8 Å². The number of benzene rings is 2. The zero-order chi connectivity index (χ0) is 25.3. The number of sulfonamides is 1. The number of carbonyl (C=O) groups is 3. The molecule has 35 heavy (non-hydrogen) atoms. The fraction of sp³-hybridized carbons (Fsp3) is 0.423. The van der Waals surface area contributed by atoms with Crippen LogP contribution in [-0.4, -0.2) is 56.1 Å². The quantitative estimate of drug-likeness (QED) is 0.448. The second kappa shape index (κ2) is 9.91. The second-order valence-electron chi connectivity index (χ2n) is 9.20. The molecule has 0 bridgehead atoms. The van der Waals surface area contributed by atoms with E-state index in [4.69, 9.17) is 4.74 Å². The van der Waals surface area contributed by atoms with E-state index in [1.54, 1.807) is 54.3 Å². The van der Waals surface area contributed by atoms with Crippen molar-refractivity contribution in [2.75, 3.05) is 24.5 Å². The van der Waals surface area contributed by atoms with E-state index in [9.17, 15) is 22.8 Å². The molecule has 0 radical (unpaired) electrons. The van der Waals surface area contributed by atoms with Gasteiger partial charge in [-0.3, -0.25) is 14.4 Å². The van der Waals surface area contributed by atoms with Gasteiger partial charge in [0.25, 0.3) is 0 Å². The summed E-state index contributed by atoms with van der Waals surface area (Å²) in [5.74, 6) is -1.29. The Hall–Kier alpha value is -3.04. The number of piperidine rings is 1. The van der Waals surface area contributed by atoms with Crippen LogP contribution in [0.4, 0.5) is 5.69 Å². The number of hydrogen-bond donors (Lipinski definition) is 0. The molecule has 4 rings (SSSR count). The van der Waals surface area contributed by atoms with Gasteiger partial charge in [-0.1, -0.05) is 17.7 Å². The number of Topliss-reactive ketones (excluding diaryl/α,β-unsaturated/α-hetero) is 1. The van der Waals surface area contributed by atoms with Gasteiger partial charge in [0.05, 0.1) is 10.8 Å². The van der Waals surface area contributed by atoms with Gasteiger partial charge in [-0.15, -0.1) is 0 Å². The Morgan fingerprint density at radius 3 is 2.29 bits per heavy atom. The van der Waals surface area contributed by atoms with Gasteiger partial charge in [0.15, 0.2) is 6.10 Å². The summed E-state index contributed by atoms with van der Waals surface area (Å²) in [4.78, 5) is 39.3. The fourth-order valence-corrected chi connectivity index (χ4v) is 6.10. The van der Waals surface area contributed by atoms with Gasteiger partial charge in [-0.05, 0) is 69.0 Å². The van der Waals surface area contributed by atoms with Gasteiger partial charge in [-0.25, -0.2) is 8.42 Å². The predicted molar refractivity (Wildman–Crippen MR) is 131 cm³/mol. The number of ether oxygens (including phenoxy) is 1. The minimum atomic E-state index is -3.61. The Bertz CT molecular complexity index is 1250. The third kappa shape index (κ3) is 5.16. The largest absolute Gasteiger partial charge is 0.454 e. The predicted octanol–water partition coefficient (Wildman–Crippen LogP) is 3.12. The van der Waals surface area contributed by atoms with Crippen LogP contribution in [0, 0.1) is 12.8 Å². The van der Waals surface area contributed by atoms with E-state index in [0.717, 1.165) is 16.8 Å². The Labute approximate surface area is 205 Å². The summed E-state index contributed by atoms with van der Waals surface area (Å²) in [5.41, 5.74) is 3.15. The third-order valence-electron chi connectivity index (χ3n) is 6.75. The van der Waals surface area contributed by atoms with Crippen molar-refractivity contribution < 1.29 is 27.5 Å². The van der Waals surface area contributed by atoms with Crippen LogP contribution in [0.25, 0.3) is 0 Å². The van der Waals surface area contributed by atoms with E-state index in [1.807, 2.05) is 6.92 Å². The molecule has 186 valence electrons. The molecule has 0 saturated carbocycles. The number of anilines is 1. The van der Waals surface area contributed by atoms with Crippen molar-refractivity contribution in [1.82, 2.24) is 4.31 Å². The lowest BCUT2D eigenvalue weighted by atomic mass is 9.98. The van der Waals surface area contributed by atoms with Crippen molar-refractivity contribution in [2.45, 2.75) is 51.0 Å². The first-order chi connectivity index (χ1) is 16.6. The molecule has 0 spiro atoms. The minimum Gasteiger partial charge on any atom is -0.454 e. The van der Waals surface area contributed by atoms with Gasteiger partial charge in [0.1, 0.15) is 0 Å². The highest BCUT2D eigenvalue weighted by Crippen LogP contribution is 2.30. The van der Waals surface area contributed by atoms with Crippen molar-refractivity contribution >= 4 is 33.4 Å². The first-order valence-corrected chi connectivity index (χ1v) is 13.2. The molecule has 1 unspecified atom stereocenters. The number of aryl methyl sites for hydroxylation is 1. The first-order valence-electron chi connectivity index (χ1n) is 11.8. The molecule has 2 aromatic carbocycles. The zero-order valence-electron chi connectivity index (χ0n) is 20.2. The van der Waals surface area contributed by atoms with Crippen LogP contribution in [0.1, 0.15) is 48.2 Å². The number of amides is 1. The maximum atomic E-state index is 12.9. The normalized spacial score (nSPS) is 17.6. The molecular weight excluding hydrogens is 468 g/mol. The summed E-state index contributed by atoms with van der Waals surface area (Å²) in [6, 6.07) is 11.9. The Morgan fingerprint density at radius 2 is 1.66 bits per heavy atom. The highest BCUT2D eigenvalue weighted by molar-refractivity contribution is 7.89. The standard InChI is InChI=1S/C26H30N2O6S/c1-17-4-7-23(8-5-17)35(32,33)27-13-10-20(11-14-27)26(31)34-18(2)25(30)22-6-9-24-21(16-22)12-15-28(24)19(3)29/h4-9,16,18,20H,10-15H2,1-3H3. The molecule has 2 heterocycles. The van der Waals surface area contributed by atoms with E-state index in [0.29, 0.717) is 31.4 Å². The molecule has 1 atom stereocenters. The van der Waals surface area contributed by atoms with Crippen LogP contribution in [0.3, 0.4) is 0 Å². The highest BCUT2D eigenvalue weighted by atomic mass is 32.2. The van der Waals surface area contributed by atoms with E-state index in [1.165, 1.54) is 11.2 Å². The van der Waals surface area contributed by atoms with Crippen molar-refractivity contribution in [1.29, 1.82) is 0 Å². The van der Waals surface area contributed by atoms with Crippen molar-refractivity contribution in [3.63, 3.8) is 0 Å². The van der Waals surface area contributed by atoms with Crippen molar-refractivity contribution in [3.8, 4) is 0 Å². The summed E-state index contributed by atoms with van der Waals surface area (Å²) in [6.07, 6.45) is 0.392. The molecule has 9 heteroatoms. The topological polar surface area (TPSA) is 101 Å². The number of esters is 1. The van der Waals surface area contributed by atoms with Crippen LogP contribution in [-0.2, 0) is 30.8 Å². The molecule has 1 amide bonds. The molecule has 1 fully saturated rings. The number of fused-ring (bicyclic) bond motifs is 1. The van der Waals surface area contributed by atoms with Crippen LogP contribution in [0.5, 0.6) is 0 Å². The second-order valence-corrected chi connectivity index (χ2v) is 11.1. The first kappa shape index (κ1) is 25.1. The van der Waals surface area contributed by atoms with Crippen LogP contribution >= 0.6 is 0 Å². The summed E-state index contributed by atoms with van der Waals surface area (Å²) in [5, 5.41) is 0. The average Bonchev–Trinajstić information content (AvgIpc) is 3.27. The molecular formula is C26H30N2O6S. The summed E-state index contributed by atoms with van der Waals surface area (Å²) in [6.45, 7) is 5.98. The third-order valence-corrected chi connectivity index (χ3v) is 8.66. The van der Waals surface area contributed by atoms with Gasteiger partial charge in [-0.2, -0.15) is 4.31 Å². The van der Waals surface area contributed by atoms with Gasteiger partial charge < -0.3 is 9.64 Å². The molecule has 0 N–H and O–H groups in total. The highest BCUT2D eigenvalue weighted by Gasteiger charge is 2.34. The maximum absolute atomic E-state index is 12.9. The lowest BCUT2D eigenvalue weighted by Crippen LogP contribution is -2.41. The number of carbonyl (C=O) groups excluding carboxylic acids is 3.